The summed E-state index contributed by atoms with van der Waals surface area (Å²) in [6.45, 7) is 9.86. The van der Waals surface area contributed by atoms with E-state index in [4.69, 9.17) is 9.47 Å². The van der Waals surface area contributed by atoms with Crippen LogP contribution >= 0.6 is 0 Å². The van der Waals surface area contributed by atoms with Crippen molar-refractivity contribution in [3.05, 3.63) is 36.1 Å². The molecule has 0 bridgehead atoms. The topological polar surface area (TPSA) is 21.7 Å². The normalized spacial score (nSPS) is 18.5. The van der Waals surface area contributed by atoms with Crippen LogP contribution in [0.4, 0.5) is 0 Å². The lowest BCUT2D eigenvalue weighted by Gasteiger charge is -2.26. The fourth-order valence-electron chi connectivity index (χ4n) is 1.94. The molecule has 19 heavy (non-hydrogen) atoms. The average Bonchev–Trinajstić information content (AvgIpc) is 2.45. The Bertz CT molecular complexity index is 302. The maximum absolute atomic E-state index is 5.80. The Labute approximate surface area is 117 Å². The van der Waals surface area contributed by atoms with Gasteiger partial charge in [0.2, 0.25) is 0 Å². The number of hydrogen-bond donors (Lipinski definition) is 0. The van der Waals surface area contributed by atoms with Crippen molar-refractivity contribution in [2.45, 2.75) is 26.7 Å². The van der Waals surface area contributed by atoms with Gasteiger partial charge >= 0.3 is 0 Å². The molecule has 1 saturated heterocycles. The first kappa shape index (κ1) is 16.0. The molecule has 0 amide bonds. The molecule has 0 atom stereocenters. The largest absolute Gasteiger partial charge is 0.494 e. The first-order chi connectivity index (χ1) is 9.36. The van der Waals surface area contributed by atoms with Gasteiger partial charge in [0, 0.05) is 19.6 Å². The number of ether oxygens (including phenoxy) is 2. The van der Waals surface area contributed by atoms with Crippen LogP contribution in [0.25, 0.3) is 0 Å². The predicted octanol–water partition coefficient (Wildman–Crippen LogP) is 3.15. The van der Waals surface area contributed by atoms with Crippen molar-refractivity contribution < 1.29 is 9.47 Å². The van der Waals surface area contributed by atoms with Gasteiger partial charge in [-0.05, 0) is 31.9 Å². The van der Waals surface area contributed by atoms with E-state index in [1.165, 1.54) is 0 Å². The van der Waals surface area contributed by atoms with E-state index in [9.17, 15) is 0 Å². The van der Waals surface area contributed by atoms with Crippen molar-refractivity contribution in [1.82, 2.24) is 4.90 Å². The molecule has 0 aromatic carbocycles. The van der Waals surface area contributed by atoms with Gasteiger partial charge in [0.05, 0.1) is 19.8 Å². The fraction of sp³-hybridized carbons (Fsp3) is 0.625. The van der Waals surface area contributed by atoms with Crippen LogP contribution in [0.1, 0.15) is 26.7 Å². The molecule has 0 N–H and O–H groups in total. The van der Waals surface area contributed by atoms with E-state index in [0.717, 1.165) is 58.1 Å². The lowest BCUT2D eigenvalue weighted by Crippen LogP contribution is -2.37. The second kappa shape index (κ2) is 10.8. The highest BCUT2D eigenvalue weighted by Gasteiger charge is 2.09. The minimum absolute atomic E-state index is 0.781. The van der Waals surface area contributed by atoms with E-state index in [1.807, 2.05) is 31.2 Å². The van der Waals surface area contributed by atoms with Crippen LogP contribution < -0.4 is 0 Å². The van der Waals surface area contributed by atoms with Crippen LogP contribution in [-0.4, -0.2) is 44.4 Å². The molecule has 0 aromatic heterocycles. The molecule has 108 valence electrons. The summed E-state index contributed by atoms with van der Waals surface area (Å²) < 4.78 is 11.1. The van der Waals surface area contributed by atoms with Crippen LogP contribution in [0.5, 0.6) is 0 Å². The summed E-state index contributed by atoms with van der Waals surface area (Å²) in [6, 6.07) is 0. The molecule has 0 saturated carbocycles. The lowest BCUT2D eigenvalue weighted by atomic mass is 10.3. The number of morpholine rings is 1. The Balaban J connectivity index is 2.18. The van der Waals surface area contributed by atoms with Crippen LogP contribution in [0.3, 0.4) is 0 Å². The molecular formula is C16H27NO2. The summed E-state index contributed by atoms with van der Waals surface area (Å²) >= 11 is 0. The zero-order chi connectivity index (χ0) is 13.8. The van der Waals surface area contributed by atoms with Gasteiger partial charge in [0.25, 0.3) is 0 Å². The maximum Gasteiger partial charge on any atom is 0.115 e. The van der Waals surface area contributed by atoms with Crippen LogP contribution in [-0.2, 0) is 9.47 Å². The van der Waals surface area contributed by atoms with E-state index >= 15 is 0 Å². The van der Waals surface area contributed by atoms with E-state index in [2.05, 4.69) is 17.9 Å². The molecule has 0 spiro atoms. The van der Waals surface area contributed by atoms with Gasteiger partial charge in [-0.25, -0.2) is 0 Å². The fourth-order valence-corrected chi connectivity index (χ4v) is 1.94. The smallest absolute Gasteiger partial charge is 0.115 e. The maximum atomic E-state index is 5.80. The van der Waals surface area contributed by atoms with Gasteiger partial charge in [-0.1, -0.05) is 25.2 Å². The Kier molecular flexibility index (Phi) is 9.11. The zero-order valence-corrected chi connectivity index (χ0v) is 12.3. The molecule has 0 unspecified atom stereocenters. The molecule has 1 fully saturated rings. The third kappa shape index (κ3) is 7.85. The standard InChI is InChI=1S/C16H27NO2/c1-3-5-6-9-16(8-4-2)19-13-7-10-17-11-14-18-15-12-17/h3,5-6,8-9H,4,7,10-15H2,1-2H3/b5-3-,9-6-,16-8+. The summed E-state index contributed by atoms with van der Waals surface area (Å²) in [5.41, 5.74) is 0. The second-order valence-corrected chi connectivity index (χ2v) is 4.56. The third-order valence-corrected chi connectivity index (χ3v) is 2.96. The van der Waals surface area contributed by atoms with E-state index in [-0.39, 0.29) is 0 Å². The van der Waals surface area contributed by atoms with Crippen molar-refractivity contribution in [1.29, 1.82) is 0 Å². The molecular weight excluding hydrogens is 238 g/mol. The van der Waals surface area contributed by atoms with Gasteiger partial charge in [-0.15, -0.1) is 0 Å². The molecule has 0 aromatic rings. The number of hydrogen-bond acceptors (Lipinski definition) is 3. The minimum Gasteiger partial charge on any atom is -0.494 e. The first-order valence-corrected chi connectivity index (χ1v) is 7.29. The Morgan fingerprint density at radius 3 is 2.74 bits per heavy atom. The quantitative estimate of drug-likeness (QED) is 0.382. The molecule has 0 radical (unpaired) electrons. The molecule has 1 rings (SSSR count). The highest BCUT2D eigenvalue weighted by Crippen LogP contribution is 2.04. The Morgan fingerprint density at radius 1 is 1.26 bits per heavy atom. The van der Waals surface area contributed by atoms with Crippen molar-refractivity contribution >= 4 is 0 Å². The second-order valence-electron chi connectivity index (χ2n) is 4.56. The summed E-state index contributed by atoms with van der Waals surface area (Å²) in [7, 11) is 0. The van der Waals surface area contributed by atoms with E-state index in [1.54, 1.807) is 0 Å². The molecule has 1 heterocycles. The number of rotatable bonds is 8. The number of nitrogens with zero attached hydrogens (tertiary/aromatic N) is 1. The molecule has 1 aliphatic heterocycles. The van der Waals surface area contributed by atoms with Crippen LogP contribution in [0, 0.1) is 0 Å². The van der Waals surface area contributed by atoms with Crippen molar-refractivity contribution in [3.8, 4) is 0 Å². The van der Waals surface area contributed by atoms with Crippen molar-refractivity contribution in [3.63, 3.8) is 0 Å². The summed E-state index contributed by atoms with van der Waals surface area (Å²) in [5, 5.41) is 0. The third-order valence-electron chi connectivity index (χ3n) is 2.96. The van der Waals surface area contributed by atoms with Gasteiger partial charge in [0.1, 0.15) is 5.76 Å². The zero-order valence-electron chi connectivity index (χ0n) is 12.3. The van der Waals surface area contributed by atoms with E-state index < -0.39 is 0 Å². The Hall–Kier alpha value is -1.06. The van der Waals surface area contributed by atoms with Gasteiger partial charge in [0.15, 0.2) is 0 Å². The molecule has 3 heteroatoms. The van der Waals surface area contributed by atoms with Crippen molar-refractivity contribution in [2.75, 3.05) is 39.5 Å². The Morgan fingerprint density at radius 2 is 2.05 bits per heavy atom. The molecule has 3 nitrogen and oxygen atoms in total. The summed E-state index contributed by atoms with van der Waals surface area (Å²) in [5.74, 6) is 0.975. The summed E-state index contributed by atoms with van der Waals surface area (Å²) in [4.78, 5) is 2.44. The SMILES string of the molecule is C\C=C/C=C\C(=C/CC)OCCCN1CCOCC1. The van der Waals surface area contributed by atoms with E-state index in [0.29, 0.717) is 0 Å². The lowest BCUT2D eigenvalue weighted by molar-refractivity contribution is 0.0346. The van der Waals surface area contributed by atoms with Gasteiger partial charge in [-0.3, -0.25) is 4.90 Å². The van der Waals surface area contributed by atoms with Gasteiger partial charge < -0.3 is 9.47 Å². The molecule has 1 aliphatic rings. The number of allylic oxidation sites excluding steroid dienone is 5. The highest BCUT2D eigenvalue weighted by molar-refractivity contribution is 5.16. The minimum atomic E-state index is 0.781. The highest BCUT2D eigenvalue weighted by atomic mass is 16.5. The monoisotopic (exact) mass is 265 g/mol. The van der Waals surface area contributed by atoms with Crippen LogP contribution in [0.2, 0.25) is 0 Å². The van der Waals surface area contributed by atoms with Crippen LogP contribution in [0.15, 0.2) is 36.1 Å². The predicted molar refractivity (Wildman–Crippen MR) is 80.2 cm³/mol. The van der Waals surface area contributed by atoms with Gasteiger partial charge in [-0.2, -0.15) is 0 Å². The average molecular weight is 265 g/mol. The summed E-state index contributed by atoms with van der Waals surface area (Å²) in [6.07, 6.45) is 12.3. The van der Waals surface area contributed by atoms with Crippen molar-refractivity contribution in [2.24, 2.45) is 0 Å². The molecule has 0 aliphatic carbocycles. The first-order valence-electron chi connectivity index (χ1n) is 7.29.